The Morgan fingerprint density at radius 3 is 2.71 bits per heavy atom. The van der Waals surface area contributed by atoms with Crippen LogP contribution in [0.5, 0.6) is 0 Å². The number of halogens is 1. The second-order valence-electron chi connectivity index (χ2n) is 5.72. The molecule has 1 N–H and O–H groups in total. The molecule has 1 aliphatic carbocycles. The van der Waals surface area contributed by atoms with Crippen LogP contribution in [0.15, 0.2) is 43.0 Å². The SMILES string of the molecule is C[C@H](Cn1ccnc1)NC(=O)C1(c2ccc(F)cc2)CC1. The van der Waals surface area contributed by atoms with Gasteiger partial charge in [-0.2, -0.15) is 0 Å². The van der Waals surface area contributed by atoms with Crippen molar-refractivity contribution in [1.29, 1.82) is 0 Å². The van der Waals surface area contributed by atoms with E-state index in [1.165, 1.54) is 12.1 Å². The summed E-state index contributed by atoms with van der Waals surface area (Å²) >= 11 is 0. The summed E-state index contributed by atoms with van der Waals surface area (Å²) in [7, 11) is 0. The minimum absolute atomic E-state index is 0.0182. The highest BCUT2D eigenvalue weighted by atomic mass is 19.1. The van der Waals surface area contributed by atoms with E-state index in [1.54, 1.807) is 24.7 Å². The van der Waals surface area contributed by atoms with Crippen LogP contribution in [-0.4, -0.2) is 21.5 Å². The average molecular weight is 287 g/mol. The smallest absolute Gasteiger partial charge is 0.230 e. The molecule has 1 aromatic carbocycles. The highest BCUT2D eigenvalue weighted by Crippen LogP contribution is 2.48. The largest absolute Gasteiger partial charge is 0.351 e. The van der Waals surface area contributed by atoms with Crippen molar-refractivity contribution in [2.24, 2.45) is 0 Å². The molecule has 1 amide bonds. The molecule has 1 aliphatic rings. The van der Waals surface area contributed by atoms with E-state index in [2.05, 4.69) is 10.3 Å². The van der Waals surface area contributed by atoms with Crippen molar-refractivity contribution in [3.05, 3.63) is 54.4 Å². The molecule has 0 saturated heterocycles. The number of nitrogens with one attached hydrogen (secondary N) is 1. The Balaban J connectivity index is 1.66. The lowest BCUT2D eigenvalue weighted by Gasteiger charge is -2.20. The number of hydrogen-bond acceptors (Lipinski definition) is 2. The van der Waals surface area contributed by atoms with E-state index >= 15 is 0 Å². The Kier molecular flexibility index (Phi) is 3.49. The first-order valence-electron chi connectivity index (χ1n) is 7.13. The van der Waals surface area contributed by atoms with Gasteiger partial charge in [-0.1, -0.05) is 12.1 Å². The number of aromatic nitrogens is 2. The molecule has 0 aliphatic heterocycles. The van der Waals surface area contributed by atoms with E-state index in [1.807, 2.05) is 17.7 Å². The highest BCUT2D eigenvalue weighted by molar-refractivity contribution is 5.91. The molecule has 5 heteroatoms. The molecular formula is C16H18FN3O. The molecule has 0 bridgehead atoms. The predicted molar refractivity (Wildman–Crippen MR) is 77.1 cm³/mol. The molecule has 110 valence electrons. The minimum Gasteiger partial charge on any atom is -0.351 e. The number of rotatable bonds is 5. The fourth-order valence-corrected chi connectivity index (χ4v) is 2.66. The molecule has 21 heavy (non-hydrogen) atoms. The first-order valence-corrected chi connectivity index (χ1v) is 7.13. The third-order valence-electron chi connectivity index (χ3n) is 4.00. The summed E-state index contributed by atoms with van der Waals surface area (Å²) in [6, 6.07) is 6.27. The monoisotopic (exact) mass is 287 g/mol. The number of carbonyl (C=O) groups is 1. The van der Waals surface area contributed by atoms with Gasteiger partial charge in [0, 0.05) is 25.0 Å². The van der Waals surface area contributed by atoms with Crippen molar-refractivity contribution in [1.82, 2.24) is 14.9 Å². The van der Waals surface area contributed by atoms with E-state index < -0.39 is 5.41 Å². The lowest BCUT2D eigenvalue weighted by molar-refractivity contribution is -0.124. The van der Waals surface area contributed by atoms with Crippen LogP contribution >= 0.6 is 0 Å². The van der Waals surface area contributed by atoms with E-state index in [-0.39, 0.29) is 17.8 Å². The van der Waals surface area contributed by atoms with Crippen LogP contribution in [0, 0.1) is 5.82 Å². The van der Waals surface area contributed by atoms with Gasteiger partial charge in [-0.3, -0.25) is 4.79 Å². The first-order chi connectivity index (χ1) is 10.1. The third-order valence-corrected chi connectivity index (χ3v) is 4.00. The van der Waals surface area contributed by atoms with Gasteiger partial charge in [0.25, 0.3) is 0 Å². The topological polar surface area (TPSA) is 46.9 Å². The highest BCUT2D eigenvalue weighted by Gasteiger charge is 2.51. The fourth-order valence-electron chi connectivity index (χ4n) is 2.66. The van der Waals surface area contributed by atoms with E-state index in [0.717, 1.165) is 18.4 Å². The van der Waals surface area contributed by atoms with Crippen LogP contribution in [0.2, 0.25) is 0 Å². The minimum atomic E-state index is -0.461. The maximum absolute atomic E-state index is 13.0. The van der Waals surface area contributed by atoms with Crippen molar-refractivity contribution in [2.75, 3.05) is 0 Å². The van der Waals surface area contributed by atoms with E-state index in [9.17, 15) is 9.18 Å². The Morgan fingerprint density at radius 1 is 1.43 bits per heavy atom. The van der Waals surface area contributed by atoms with Crippen LogP contribution in [0.4, 0.5) is 4.39 Å². The Morgan fingerprint density at radius 2 is 2.14 bits per heavy atom. The van der Waals surface area contributed by atoms with Crippen molar-refractivity contribution < 1.29 is 9.18 Å². The fraction of sp³-hybridized carbons (Fsp3) is 0.375. The Labute approximate surface area is 123 Å². The quantitative estimate of drug-likeness (QED) is 0.917. The summed E-state index contributed by atoms with van der Waals surface area (Å²) in [5.41, 5.74) is 0.438. The molecule has 1 fully saturated rings. The number of benzene rings is 1. The number of hydrogen-bond donors (Lipinski definition) is 1. The predicted octanol–water partition coefficient (Wildman–Crippen LogP) is 2.26. The van der Waals surface area contributed by atoms with Crippen molar-refractivity contribution in [2.45, 2.75) is 37.8 Å². The lowest BCUT2D eigenvalue weighted by Crippen LogP contribution is -2.41. The van der Waals surface area contributed by atoms with E-state index in [0.29, 0.717) is 6.54 Å². The number of nitrogens with zero attached hydrogens (tertiary/aromatic N) is 2. The van der Waals surface area contributed by atoms with Gasteiger partial charge in [0.05, 0.1) is 11.7 Å². The van der Waals surface area contributed by atoms with Crippen LogP contribution < -0.4 is 5.32 Å². The molecule has 1 atom stereocenters. The Hall–Kier alpha value is -2.17. The van der Waals surface area contributed by atoms with Crippen molar-refractivity contribution in [3.8, 4) is 0 Å². The van der Waals surface area contributed by atoms with Gasteiger partial charge < -0.3 is 9.88 Å². The number of amides is 1. The average Bonchev–Trinajstić information content (AvgIpc) is 3.12. The van der Waals surface area contributed by atoms with Crippen molar-refractivity contribution >= 4 is 5.91 Å². The Bertz CT molecular complexity index is 617. The van der Waals surface area contributed by atoms with Crippen LogP contribution in [0.1, 0.15) is 25.3 Å². The van der Waals surface area contributed by atoms with Gasteiger partial charge in [-0.25, -0.2) is 9.37 Å². The molecule has 0 unspecified atom stereocenters. The zero-order chi connectivity index (χ0) is 14.9. The third kappa shape index (κ3) is 2.82. The molecule has 1 saturated carbocycles. The number of imidazole rings is 1. The van der Waals surface area contributed by atoms with Gasteiger partial charge in [0.15, 0.2) is 0 Å². The summed E-state index contributed by atoms with van der Waals surface area (Å²) in [6.07, 6.45) is 6.96. The van der Waals surface area contributed by atoms with Crippen molar-refractivity contribution in [3.63, 3.8) is 0 Å². The lowest BCUT2D eigenvalue weighted by atomic mass is 9.94. The molecule has 1 aromatic heterocycles. The summed E-state index contributed by atoms with van der Waals surface area (Å²) in [4.78, 5) is 16.5. The number of carbonyl (C=O) groups excluding carboxylic acids is 1. The zero-order valence-corrected chi connectivity index (χ0v) is 11.9. The molecule has 4 nitrogen and oxygen atoms in total. The normalized spacial score (nSPS) is 17.2. The van der Waals surface area contributed by atoms with Crippen LogP contribution in [0.25, 0.3) is 0 Å². The summed E-state index contributed by atoms with van der Waals surface area (Å²) < 4.78 is 14.9. The van der Waals surface area contributed by atoms with E-state index in [4.69, 9.17) is 0 Å². The zero-order valence-electron chi connectivity index (χ0n) is 11.9. The summed E-state index contributed by atoms with van der Waals surface area (Å²) in [6.45, 7) is 2.66. The molecule has 3 rings (SSSR count). The molecule has 1 heterocycles. The second-order valence-corrected chi connectivity index (χ2v) is 5.72. The summed E-state index contributed by atoms with van der Waals surface area (Å²) in [5, 5.41) is 3.05. The summed E-state index contributed by atoms with van der Waals surface area (Å²) in [5.74, 6) is -0.245. The van der Waals surface area contributed by atoms with Gasteiger partial charge in [0.1, 0.15) is 5.82 Å². The van der Waals surface area contributed by atoms with Gasteiger partial charge in [-0.15, -0.1) is 0 Å². The maximum Gasteiger partial charge on any atom is 0.230 e. The second kappa shape index (κ2) is 5.31. The molecular weight excluding hydrogens is 269 g/mol. The standard InChI is InChI=1S/C16H18FN3O/c1-12(10-20-9-8-18-11-20)19-15(21)16(6-7-16)13-2-4-14(17)5-3-13/h2-5,8-9,11-12H,6-7,10H2,1H3,(H,19,21)/t12-/m1/s1. The van der Waals surface area contributed by atoms with Crippen LogP contribution in [0.3, 0.4) is 0 Å². The molecule has 0 spiro atoms. The van der Waals surface area contributed by atoms with Gasteiger partial charge in [0.2, 0.25) is 5.91 Å². The van der Waals surface area contributed by atoms with Gasteiger partial charge in [-0.05, 0) is 37.5 Å². The molecule has 2 aromatic rings. The molecule has 0 radical (unpaired) electrons. The first kappa shape index (κ1) is 13.8. The van der Waals surface area contributed by atoms with Crippen LogP contribution in [-0.2, 0) is 16.8 Å². The van der Waals surface area contributed by atoms with Gasteiger partial charge >= 0.3 is 0 Å². The maximum atomic E-state index is 13.0.